The number of hydrogen-bond acceptors (Lipinski definition) is 2. The highest BCUT2D eigenvalue weighted by molar-refractivity contribution is 6.23. The molecule has 11 aromatic carbocycles. The van der Waals surface area contributed by atoms with E-state index >= 15 is 0 Å². The molecule has 13 rings (SSSR count). The van der Waals surface area contributed by atoms with Crippen molar-refractivity contribution in [1.82, 2.24) is 0 Å². The first kappa shape index (κ1) is 46.3. The van der Waals surface area contributed by atoms with Crippen molar-refractivity contribution in [2.24, 2.45) is 0 Å². The topological polar surface area (TPSA) is 6.48 Å². The molecule has 2 heteroatoms. The molecular weight excluding hydrogens is 917 g/mol. The Bertz CT molecular complexity index is 3970. The predicted molar refractivity (Wildman–Crippen MR) is 324 cm³/mol. The van der Waals surface area contributed by atoms with E-state index in [0.29, 0.717) is 11.8 Å². The monoisotopic (exact) mass is 972 g/mol. The molecule has 0 amide bonds. The van der Waals surface area contributed by atoms with E-state index in [0.717, 1.165) is 47.0 Å². The number of fused-ring (bicyclic) bond motifs is 2. The number of benzene rings is 11. The van der Waals surface area contributed by atoms with Crippen molar-refractivity contribution >= 4 is 55.7 Å². The number of nitrogens with zero attached hydrogens (tertiary/aromatic N) is 2. The largest absolute Gasteiger partial charge is 0.310 e. The summed E-state index contributed by atoms with van der Waals surface area (Å²) in [5.41, 5.74) is 18.8. The van der Waals surface area contributed by atoms with Crippen molar-refractivity contribution in [2.75, 3.05) is 9.80 Å². The fourth-order valence-electron chi connectivity index (χ4n) is 11.5. The second-order valence-electron chi connectivity index (χ2n) is 19.9. The van der Waals surface area contributed by atoms with Crippen LogP contribution in [0.5, 0.6) is 0 Å². The summed E-state index contributed by atoms with van der Waals surface area (Å²) in [4.78, 5) is 4.82. The van der Waals surface area contributed by atoms with Gasteiger partial charge in [0, 0.05) is 46.0 Å². The second kappa shape index (κ2) is 20.8. The van der Waals surface area contributed by atoms with Crippen molar-refractivity contribution in [3.8, 4) is 44.5 Å². The van der Waals surface area contributed by atoms with E-state index in [-0.39, 0.29) is 0 Å². The number of anilines is 6. The van der Waals surface area contributed by atoms with Gasteiger partial charge in [0.15, 0.2) is 0 Å². The molecule has 11 aromatic rings. The summed E-state index contributed by atoms with van der Waals surface area (Å²) >= 11 is 0. The first-order chi connectivity index (χ1) is 37.7. The summed E-state index contributed by atoms with van der Waals surface area (Å²) in [5.74, 6) is 0.671. The van der Waals surface area contributed by atoms with Crippen LogP contribution < -0.4 is 9.80 Å². The Kier molecular flexibility index (Phi) is 12.7. The molecule has 362 valence electrons. The minimum atomic E-state index is 0.300. The number of rotatable bonds is 12. The maximum atomic E-state index is 2.46. The van der Waals surface area contributed by atoms with Crippen LogP contribution in [0.2, 0.25) is 0 Å². The van der Waals surface area contributed by atoms with Gasteiger partial charge in [-0.05, 0) is 169 Å². The van der Waals surface area contributed by atoms with Gasteiger partial charge >= 0.3 is 0 Å². The van der Waals surface area contributed by atoms with Gasteiger partial charge < -0.3 is 9.80 Å². The Hall–Kier alpha value is -9.50. The Morgan fingerprint density at radius 2 is 0.645 bits per heavy atom. The zero-order chi connectivity index (χ0) is 50.6. The van der Waals surface area contributed by atoms with E-state index in [1.807, 2.05) is 0 Å². The summed E-state index contributed by atoms with van der Waals surface area (Å²) in [6.45, 7) is 0. The maximum Gasteiger partial charge on any atom is 0.0468 e. The molecule has 76 heavy (non-hydrogen) atoms. The highest BCUT2D eigenvalue weighted by Gasteiger charge is 2.24. The molecule has 2 aliphatic rings. The van der Waals surface area contributed by atoms with Gasteiger partial charge in [0.05, 0.1) is 0 Å². The lowest BCUT2D eigenvalue weighted by atomic mass is 9.83. The molecule has 0 aliphatic heterocycles. The highest BCUT2D eigenvalue weighted by Crippen LogP contribution is 2.49. The third-order valence-electron chi connectivity index (χ3n) is 15.3. The fourth-order valence-corrected chi connectivity index (χ4v) is 11.5. The van der Waals surface area contributed by atoms with E-state index in [1.54, 1.807) is 0 Å². The van der Waals surface area contributed by atoms with Gasteiger partial charge in [0.2, 0.25) is 0 Å². The summed E-state index contributed by atoms with van der Waals surface area (Å²) < 4.78 is 0. The average Bonchev–Trinajstić information content (AvgIpc) is 3.56. The molecule has 0 aromatic heterocycles. The molecule has 2 nitrogen and oxygen atoms in total. The lowest BCUT2D eigenvalue weighted by Gasteiger charge is -2.28. The molecule has 0 radical (unpaired) electrons. The number of allylic oxidation sites excluding steroid dienone is 8. The second-order valence-corrected chi connectivity index (χ2v) is 19.9. The molecule has 0 heterocycles. The third-order valence-corrected chi connectivity index (χ3v) is 15.3. The number of hydrogen-bond donors (Lipinski definition) is 0. The van der Waals surface area contributed by atoms with Crippen LogP contribution in [0, 0.1) is 0 Å². The van der Waals surface area contributed by atoms with Crippen molar-refractivity contribution in [2.45, 2.75) is 24.7 Å². The van der Waals surface area contributed by atoms with Crippen LogP contribution in [0.15, 0.2) is 303 Å². The number of para-hydroxylation sites is 2. The first-order valence-corrected chi connectivity index (χ1v) is 26.6. The van der Waals surface area contributed by atoms with Crippen molar-refractivity contribution < 1.29 is 0 Å². The van der Waals surface area contributed by atoms with Crippen molar-refractivity contribution in [1.29, 1.82) is 0 Å². The molecule has 0 spiro atoms. The fraction of sp³-hybridized carbons (Fsp3) is 0.0541. The van der Waals surface area contributed by atoms with Crippen LogP contribution in [0.25, 0.3) is 66.1 Å². The molecule has 2 atom stereocenters. The Morgan fingerprint density at radius 1 is 0.250 bits per heavy atom. The Morgan fingerprint density at radius 3 is 1.16 bits per heavy atom. The van der Waals surface area contributed by atoms with Gasteiger partial charge in [-0.3, -0.25) is 0 Å². The van der Waals surface area contributed by atoms with Gasteiger partial charge in [-0.25, -0.2) is 0 Å². The van der Waals surface area contributed by atoms with Crippen molar-refractivity contribution in [3.05, 3.63) is 315 Å². The minimum Gasteiger partial charge on any atom is -0.310 e. The van der Waals surface area contributed by atoms with Gasteiger partial charge in [-0.2, -0.15) is 0 Å². The Labute approximate surface area is 446 Å². The van der Waals surface area contributed by atoms with Crippen LogP contribution in [-0.4, -0.2) is 0 Å². The molecule has 0 bridgehead atoms. The molecule has 0 saturated carbocycles. The molecule has 0 saturated heterocycles. The molecular formula is C74H56N2. The van der Waals surface area contributed by atoms with Gasteiger partial charge in [-0.15, -0.1) is 0 Å². The van der Waals surface area contributed by atoms with Crippen LogP contribution >= 0.6 is 0 Å². The van der Waals surface area contributed by atoms with Crippen LogP contribution in [0.4, 0.5) is 34.1 Å². The minimum absolute atomic E-state index is 0.300. The van der Waals surface area contributed by atoms with E-state index < -0.39 is 0 Å². The van der Waals surface area contributed by atoms with Crippen molar-refractivity contribution in [3.63, 3.8) is 0 Å². The predicted octanol–water partition coefficient (Wildman–Crippen LogP) is 20.8. The summed E-state index contributed by atoms with van der Waals surface area (Å²) in [6, 6.07) is 94.1. The SMILES string of the molecule is C1=CCC(c2ccc(N(c3ccccc3)c3ccc4c(-c5cccc(-c6ccccc6)c5)c5cc(N(c6ccccc6)c6ccc(-c7ccccc7)cc6)ccc5c(-c5cccc(C6C=CC=CC6)c5)c4c3)cc2)C=C1. The van der Waals surface area contributed by atoms with Crippen LogP contribution in [0.3, 0.4) is 0 Å². The molecule has 2 unspecified atom stereocenters. The molecule has 2 aliphatic carbocycles. The molecule has 0 N–H and O–H groups in total. The average molecular weight is 973 g/mol. The first-order valence-electron chi connectivity index (χ1n) is 26.6. The maximum absolute atomic E-state index is 2.46. The zero-order valence-electron chi connectivity index (χ0n) is 42.3. The molecule has 0 fully saturated rings. The van der Waals surface area contributed by atoms with E-state index in [2.05, 4.69) is 313 Å². The summed E-state index contributed by atoms with van der Waals surface area (Å²) in [6.07, 6.45) is 19.9. The van der Waals surface area contributed by atoms with E-state index in [1.165, 1.54) is 77.2 Å². The highest BCUT2D eigenvalue weighted by atomic mass is 15.1. The van der Waals surface area contributed by atoms with Crippen LogP contribution in [0.1, 0.15) is 35.8 Å². The lowest BCUT2D eigenvalue weighted by molar-refractivity contribution is 0.854. The van der Waals surface area contributed by atoms with Gasteiger partial charge in [0.1, 0.15) is 0 Å². The van der Waals surface area contributed by atoms with E-state index in [4.69, 9.17) is 0 Å². The Balaban J connectivity index is 1.08. The zero-order valence-corrected chi connectivity index (χ0v) is 42.3. The lowest BCUT2D eigenvalue weighted by Crippen LogP contribution is -2.10. The summed E-state index contributed by atoms with van der Waals surface area (Å²) in [5, 5.41) is 4.77. The normalized spacial score (nSPS) is 14.8. The van der Waals surface area contributed by atoms with E-state index in [9.17, 15) is 0 Å². The standard InChI is InChI=1S/C74H56N2/c1-7-21-53(22-8-1)57-37-41-65(42-38-57)75(63-33-15-5-16-34-63)67-45-47-69-71(51-67)73(61-31-19-29-59(49-61)55-25-11-3-12-26-55)70-48-46-68(52-72(70)74(69)62-32-20-30-60(50-62)56-27-13-4-14-28-56)76(64-35-17-6-18-36-64)66-43-39-58(40-44-66)54-23-9-2-10-24-54/h1-23,25-27,29-52,54,56H,24,28H2. The summed E-state index contributed by atoms with van der Waals surface area (Å²) in [7, 11) is 0. The van der Waals surface area contributed by atoms with Gasteiger partial charge in [0.25, 0.3) is 0 Å². The third kappa shape index (κ3) is 9.16. The van der Waals surface area contributed by atoms with Crippen LogP contribution in [-0.2, 0) is 0 Å². The van der Waals surface area contributed by atoms with Gasteiger partial charge in [-0.1, -0.05) is 225 Å². The smallest absolute Gasteiger partial charge is 0.0468 e. The quantitative estimate of drug-likeness (QED) is 0.113.